The van der Waals surface area contributed by atoms with Crippen molar-refractivity contribution in [3.8, 4) is 5.75 Å². The van der Waals surface area contributed by atoms with E-state index in [1.165, 1.54) is 19.3 Å². The summed E-state index contributed by atoms with van der Waals surface area (Å²) in [7, 11) is 2.77. The third-order valence-electron chi connectivity index (χ3n) is 4.69. The summed E-state index contributed by atoms with van der Waals surface area (Å²) in [5.41, 5.74) is 1.22. The van der Waals surface area contributed by atoms with Gasteiger partial charge in [0, 0.05) is 23.8 Å². The lowest BCUT2D eigenvalue weighted by Crippen LogP contribution is -2.34. The Balaban J connectivity index is 1.93. The molecule has 0 unspecified atom stereocenters. The molecule has 0 spiro atoms. The van der Waals surface area contributed by atoms with Crippen LogP contribution in [0, 0.1) is 17.6 Å². The van der Waals surface area contributed by atoms with E-state index in [0.717, 1.165) is 17.7 Å². The predicted octanol–water partition coefficient (Wildman–Crippen LogP) is 3.82. The zero-order chi connectivity index (χ0) is 20.3. The maximum absolute atomic E-state index is 14.0. The van der Waals surface area contributed by atoms with Crippen molar-refractivity contribution in [3.05, 3.63) is 71.4 Å². The highest BCUT2D eigenvalue weighted by Gasteiger charge is 2.39. The third-order valence-corrected chi connectivity index (χ3v) is 4.69. The van der Waals surface area contributed by atoms with Crippen LogP contribution in [0.4, 0.5) is 14.5 Å². The number of anilines is 1. The number of ketones is 1. The molecular weight excluding hydrogens is 368 g/mol. The summed E-state index contributed by atoms with van der Waals surface area (Å²) in [6.45, 7) is 0. The first-order valence-corrected chi connectivity index (χ1v) is 8.61. The van der Waals surface area contributed by atoms with Gasteiger partial charge >= 0.3 is 5.97 Å². The molecule has 2 aromatic rings. The molecule has 1 aliphatic carbocycles. The fourth-order valence-electron chi connectivity index (χ4n) is 3.29. The number of carbonyl (C=O) groups is 2. The van der Waals surface area contributed by atoms with Gasteiger partial charge in [-0.1, -0.05) is 12.1 Å². The largest absolute Gasteiger partial charge is 0.497 e. The molecule has 2 aromatic carbocycles. The number of allylic oxidation sites excluding steroid dienone is 2. The minimum Gasteiger partial charge on any atom is -0.497 e. The van der Waals surface area contributed by atoms with E-state index in [2.05, 4.69) is 5.32 Å². The second kappa shape index (κ2) is 8.21. The molecule has 7 heteroatoms. The normalized spacial score (nSPS) is 19.0. The maximum atomic E-state index is 14.0. The Bertz CT molecular complexity index is 925. The van der Waals surface area contributed by atoms with Crippen molar-refractivity contribution >= 4 is 17.4 Å². The Labute approximate surface area is 161 Å². The van der Waals surface area contributed by atoms with Crippen LogP contribution in [0.3, 0.4) is 0 Å². The zero-order valence-electron chi connectivity index (χ0n) is 15.4. The maximum Gasteiger partial charge on any atom is 0.317 e. The quantitative estimate of drug-likeness (QED) is 0.624. The van der Waals surface area contributed by atoms with Gasteiger partial charge in [-0.05, 0) is 36.2 Å². The molecule has 3 rings (SSSR count). The standard InChI is InChI=1S/C21H19F2NO4/c1-27-15-6-3-12(4-7-15)16-10-14(11-19(25)20(16)21(26)28-2)24-18-8-5-13(22)9-17(18)23/h3-9,11,16,20,24H,10H2,1-2H3/t16-,20-/m0/s1. The summed E-state index contributed by atoms with van der Waals surface area (Å²) in [5.74, 6) is -3.40. The van der Waals surface area contributed by atoms with Crippen LogP contribution in [0.15, 0.2) is 54.2 Å². The molecule has 0 fully saturated rings. The monoisotopic (exact) mass is 387 g/mol. The Kier molecular flexibility index (Phi) is 5.73. The van der Waals surface area contributed by atoms with Crippen molar-refractivity contribution in [1.82, 2.24) is 0 Å². The number of carbonyl (C=O) groups excluding carboxylic acids is 2. The summed E-state index contributed by atoms with van der Waals surface area (Å²) >= 11 is 0. The van der Waals surface area contributed by atoms with E-state index in [1.54, 1.807) is 31.4 Å². The number of hydrogen-bond donors (Lipinski definition) is 1. The SMILES string of the molecule is COC(=O)[C@@H]1C(=O)C=C(Nc2ccc(F)cc2F)C[C@H]1c1ccc(OC)cc1. The summed E-state index contributed by atoms with van der Waals surface area (Å²) in [4.78, 5) is 24.9. The zero-order valence-corrected chi connectivity index (χ0v) is 15.4. The second-order valence-electron chi connectivity index (χ2n) is 6.41. The summed E-state index contributed by atoms with van der Waals surface area (Å²) in [6.07, 6.45) is 1.54. The first-order chi connectivity index (χ1) is 13.4. The molecule has 0 amide bonds. The van der Waals surface area contributed by atoms with E-state index in [-0.39, 0.29) is 12.1 Å². The highest BCUT2D eigenvalue weighted by molar-refractivity contribution is 6.07. The summed E-state index contributed by atoms with van der Waals surface area (Å²) in [6, 6.07) is 10.1. The number of nitrogens with one attached hydrogen (secondary N) is 1. The van der Waals surface area contributed by atoms with Crippen LogP contribution in [0.1, 0.15) is 17.9 Å². The Morgan fingerprint density at radius 3 is 2.43 bits per heavy atom. The van der Waals surface area contributed by atoms with Crippen molar-refractivity contribution in [2.75, 3.05) is 19.5 Å². The lowest BCUT2D eigenvalue weighted by atomic mass is 9.76. The van der Waals surface area contributed by atoms with Crippen molar-refractivity contribution in [3.63, 3.8) is 0 Å². The number of ether oxygens (including phenoxy) is 2. The van der Waals surface area contributed by atoms with Crippen LogP contribution in [-0.4, -0.2) is 26.0 Å². The van der Waals surface area contributed by atoms with Gasteiger partial charge in [0.15, 0.2) is 5.78 Å². The fourth-order valence-corrected chi connectivity index (χ4v) is 3.29. The highest BCUT2D eigenvalue weighted by atomic mass is 19.1. The Hall–Kier alpha value is -3.22. The predicted molar refractivity (Wildman–Crippen MR) is 98.9 cm³/mol. The third kappa shape index (κ3) is 4.03. The van der Waals surface area contributed by atoms with Crippen LogP contribution >= 0.6 is 0 Å². The molecule has 0 bridgehead atoms. The Morgan fingerprint density at radius 2 is 1.82 bits per heavy atom. The number of benzene rings is 2. The van der Waals surface area contributed by atoms with Crippen molar-refractivity contribution in [2.24, 2.45) is 5.92 Å². The summed E-state index contributed by atoms with van der Waals surface area (Å²) < 4.78 is 37.0. The topological polar surface area (TPSA) is 64.6 Å². The average molecular weight is 387 g/mol. The van der Waals surface area contributed by atoms with Crippen molar-refractivity contribution in [2.45, 2.75) is 12.3 Å². The van der Waals surface area contributed by atoms with E-state index in [9.17, 15) is 18.4 Å². The number of hydrogen-bond acceptors (Lipinski definition) is 5. The smallest absolute Gasteiger partial charge is 0.317 e. The molecule has 0 aromatic heterocycles. The molecule has 0 radical (unpaired) electrons. The first-order valence-electron chi connectivity index (χ1n) is 8.61. The fraction of sp³-hybridized carbons (Fsp3) is 0.238. The van der Waals surface area contributed by atoms with Gasteiger partial charge in [-0.3, -0.25) is 9.59 Å². The molecular formula is C21H19F2NO4. The molecule has 0 heterocycles. The molecule has 146 valence electrons. The highest BCUT2D eigenvalue weighted by Crippen LogP contribution is 2.38. The van der Waals surface area contributed by atoms with Gasteiger partial charge in [-0.2, -0.15) is 0 Å². The van der Waals surface area contributed by atoms with Gasteiger partial charge in [-0.25, -0.2) is 8.78 Å². The number of esters is 1. The van der Waals surface area contributed by atoms with Gasteiger partial charge in [0.1, 0.15) is 23.3 Å². The molecule has 5 nitrogen and oxygen atoms in total. The van der Waals surface area contributed by atoms with E-state index in [1.807, 2.05) is 0 Å². The molecule has 2 atom stereocenters. The van der Waals surface area contributed by atoms with Gasteiger partial charge in [0.05, 0.1) is 19.9 Å². The van der Waals surface area contributed by atoms with E-state index < -0.39 is 35.2 Å². The molecule has 28 heavy (non-hydrogen) atoms. The Morgan fingerprint density at radius 1 is 1.11 bits per heavy atom. The average Bonchev–Trinajstić information content (AvgIpc) is 2.69. The summed E-state index contributed by atoms with van der Waals surface area (Å²) in [5, 5.41) is 2.83. The van der Waals surface area contributed by atoms with Gasteiger partial charge in [0.25, 0.3) is 0 Å². The molecule has 1 N–H and O–H groups in total. The molecule has 0 aliphatic heterocycles. The minimum atomic E-state index is -0.998. The second-order valence-corrected chi connectivity index (χ2v) is 6.41. The van der Waals surface area contributed by atoms with E-state index in [0.29, 0.717) is 11.4 Å². The van der Waals surface area contributed by atoms with Crippen LogP contribution < -0.4 is 10.1 Å². The van der Waals surface area contributed by atoms with Crippen molar-refractivity contribution < 1.29 is 27.8 Å². The van der Waals surface area contributed by atoms with Crippen LogP contribution in [-0.2, 0) is 14.3 Å². The van der Waals surface area contributed by atoms with Gasteiger partial charge in [0.2, 0.25) is 0 Å². The van der Waals surface area contributed by atoms with Gasteiger partial charge in [-0.15, -0.1) is 0 Å². The van der Waals surface area contributed by atoms with Crippen LogP contribution in [0.25, 0.3) is 0 Å². The molecule has 1 aliphatic rings. The number of halogens is 2. The van der Waals surface area contributed by atoms with Crippen molar-refractivity contribution in [1.29, 1.82) is 0 Å². The lowest BCUT2D eigenvalue weighted by molar-refractivity contribution is -0.149. The number of rotatable bonds is 5. The first kappa shape index (κ1) is 19.5. The lowest BCUT2D eigenvalue weighted by Gasteiger charge is -2.29. The van der Waals surface area contributed by atoms with E-state index >= 15 is 0 Å². The molecule has 0 saturated carbocycles. The van der Waals surface area contributed by atoms with E-state index in [4.69, 9.17) is 9.47 Å². The van der Waals surface area contributed by atoms with Crippen LogP contribution in [0.2, 0.25) is 0 Å². The number of methoxy groups -OCH3 is 2. The van der Waals surface area contributed by atoms with Crippen LogP contribution in [0.5, 0.6) is 5.75 Å². The molecule has 0 saturated heterocycles. The van der Waals surface area contributed by atoms with Gasteiger partial charge < -0.3 is 14.8 Å². The minimum absolute atomic E-state index is 0.0467.